The summed E-state index contributed by atoms with van der Waals surface area (Å²) in [5.41, 5.74) is 3.88. The van der Waals surface area contributed by atoms with E-state index in [4.69, 9.17) is 4.74 Å². The number of aromatic nitrogens is 5. The van der Waals surface area contributed by atoms with E-state index < -0.39 is 0 Å². The van der Waals surface area contributed by atoms with E-state index in [-0.39, 0.29) is 11.9 Å². The summed E-state index contributed by atoms with van der Waals surface area (Å²) < 4.78 is 10.0. The third kappa shape index (κ3) is 4.20. The zero-order valence-corrected chi connectivity index (χ0v) is 18.5. The summed E-state index contributed by atoms with van der Waals surface area (Å²) in [5.74, 6) is 1.24. The number of Topliss-reactive ketones (excluding diaryl/α,β-unsaturated/α-hetero) is 1. The maximum absolute atomic E-state index is 13.0. The van der Waals surface area contributed by atoms with Crippen molar-refractivity contribution in [2.45, 2.75) is 58.0 Å². The number of carbonyl (C=O) groups excluding carboxylic acids is 1. The van der Waals surface area contributed by atoms with E-state index in [2.05, 4.69) is 33.6 Å². The minimum Gasteiger partial charge on any atom is -0.376 e. The maximum atomic E-state index is 13.0. The van der Waals surface area contributed by atoms with Crippen molar-refractivity contribution in [1.29, 1.82) is 0 Å². The van der Waals surface area contributed by atoms with E-state index in [1.54, 1.807) is 12.4 Å². The van der Waals surface area contributed by atoms with Gasteiger partial charge in [-0.05, 0) is 51.8 Å². The third-order valence-electron chi connectivity index (χ3n) is 5.59. The summed E-state index contributed by atoms with van der Waals surface area (Å²) >= 11 is 1.44. The molecular weight excluding hydrogens is 398 g/mol. The monoisotopic (exact) mass is 425 g/mol. The smallest absolute Gasteiger partial charge is 0.191 e. The molecule has 0 unspecified atom stereocenters. The average molecular weight is 426 g/mol. The van der Waals surface area contributed by atoms with E-state index in [1.165, 1.54) is 11.8 Å². The van der Waals surface area contributed by atoms with Crippen LogP contribution in [0.1, 0.15) is 41.5 Å². The van der Waals surface area contributed by atoms with Crippen molar-refractivity contribution in [3.8, 4) is 11.4 Å². The summed E-state index contributed by atoms with van der Waals surface area (Å²) in [5, 5.41) is 9.42. The Bertz CT molecular complexity index is 1020. The third-order valence-corrected chi connectivity index (χ3v) is 6.55. The summed E-state index contributed by atoms with van der Waals surface area (Å²) in [6, 6.07) is 5.83. The first kappa shape index (κ1) is 20.8. The van der Waals surface area contributed by atoms with Gasteiger partial charge in [-0.2, -0.15) is 0 Å². The summed E-state index contributed by atoms with van der Waals surface area (Å²) in [6.45, 7) is 8.52. The molecule has 158 valence electrons. The molecule has 0 aliphatic carbocycles. The Morgan fingerprint density at radius 2 is 2.03 bits per heavy atom. The molecule has 3 aromatic heterocycles. The highest BCUT2D eigenvalue weighted by atomic mass is 32.2. The number of hydrogen-bond donors (Lipinski definition) is 0. The molecule has 1 fully saturated rings. The average Bonchev–Trinajstić information content (AvgIpc) is 3.48. The maximum Gasteiger partial charge on any atom is 0.191 e. The first-order chi connectivity index (χ1) is 14.6. The molecule has 30 heavy (non-hydrogen) atoms. The van der Waals surface area contributed by atoms with Gasteiger partial charge in [-0.3, -0.25) is 9.78 Å². The molecule has 0 amide bonds. The first-order valence-electron chi connectivity index (χ1n) is 10.4. The highest BCUT2D eigenvalue weighted by Gasteiger charge is 2.22. The Morgan fingerprint density at radius 3 is 2.73 bits per heavy atom. The van der Waals surface area contributed by atoms with Crippen LogP contribution in [0.3, 0.4) is 0 Å². The van der Waals surface area contributed by atoms with Crippen LogP contribution in [0.4, 0.5) is 0 Å². The van der Waals surface area contributed by atoms with Crippen LogP contribution in [0.2, 0.25) is 0 Å². The predicted molar refractivity (Wildman–Crippen MR) is 117 cm³/mol. The SMILES string of the molecule is CCn1c(SCC(=O)c2cc(C)n(C[C@@H]3CCCO3)c2C)nnc1-c1ccncc1. The first-order valence-corrected chi connectivity index (χ1v) is 11.3. The lowest BCUT2D eigenvalue weighted by Gasteiger charge is -2.14. The van der Waals surface area contributed by atoms with E-state index in [0.717, 1.165) is 66.0 Å². The van der Waals surface area contributed by atoms with Crippen molar-refractivity contribution < 1.29 is 9.53 Å². The van der Waals surface area contributed by atoms with Crippen LogP contribution in [-0.2, 0) is 17.8 Å². The zero-order valence-electron chi connectivity index (χ0n) is 17.7. The largest absolute Gasteiger partial charge is 0.376 e. The lowest BCUT2D eigenvalue weighted by atomic mass is 10.2. The number of ether oxygens (including phenoxy) is 1. The van der Waals surface area contributed by atoms with Gasteiger partial charge in [0, 0.05) is 54.6 Å². The van der Waals surface area contributed by atoms with Gasteiger partial charge in [0.05, 0.1) is 11.9 Å². The molecule has 0 N–H and O–H groups in total. The van der Waals surface area contributed by atoms with Gasteiger partial charge in [0.2, 0.25) is 0 Å². The number of nitrogens with zero attached hydrogens (tertiary/aromatic N) is 5. The van der Waals surface area contributed by atoms with Gasteiger partial charge in [0.25, 0.3) is 0 Å². The van der Waals surface area contributed by atoms with Crippen LogP contribution < -0.4 is 0 Å². The molecule has 1 saturated heterocycles. The van der Waals surface area contributed by atoms with Crippen LogP contribution in [-0.4, -0.2) is 48.6 Å². The highest BCUT2D eigenvalue weighted by Crippen LogP contribution is 2.26. The fraction of sp³-hybridized carbons (Fsp3) is 0.455. The molecule has 7 nitrogen and oxygen atoms in total. The molecule has 1 aliphatic heterocycles. The highest BCUT2D eigenvalue weighted by molar-refractivity contribution is 7.99. The lowest BCUT2D eigenvalue weighted by molar-refractivity contribution is 0.0957. The number of rotatable bonds is 8. The molecule has 4 heterocycles. The number of ketones is 1. The van der Waals surface area contributed by atoms with Crippen molar-refractivity contribution in [3.05, 3.63) is 47.5 Å². The lowest BCUT2D eigenvalue weighted by Crippen LogP contribution is -2.17. The van der Waals surface area contributed by atoms with Crippen LogP contribution in [0, 0.1) is 13.8 Å². The molecule has 0 bridgehead atoms. The molecule has 0 spiro atoms. The zero-order chi connectivity index (χ0) is 21.1. The van der Waals surface area contributed by atoms with Crippen molar-refractivity contribution in [2.24, 2.45) is 0 Å². The molecule has 0 saturated carbocycles. The van der Waals surface area contributed by atoms with Gasteiger partial charge in [-0.1, -0.05) is 11.8 Å². The number of thioether (sulfide) groups is 1. The molecule has 1 atom stereocenters. The van der Waals surface area contributed by atoms with Gasteiger partial charge >= 0.3 is 0 Å². The molecule has 8 heteroatoms. The quantitative estimate of drug-likeness (QED) is 0.402. The van der Waals surface area contributed by atoms with Crippen molar-refractivity contribution >= 4 is 17.5 Å². The normalized spacial score (nSPS) is 16.3. The predicted octanol–water partition coefficient (Wildman–Crippen LogP) is 3.93. The minimum absolute atomic E-state index is 0.114. The number of aryl methyl sites for hydroxylation is 1. The van der Waals surface area contributed by atoms with Gasteiger partial charge in [-0.25, -0.2) is 0 Å². The standard InChI is InChI=1S/C22H27N5O2S/c1-4-26-21(17-7-9-23-10-8-17)24-25-22(26)30-14-20(28)19-12-15(2)27(16(19)3)13-18-6-5-11-29-18/h7-10,12,18H,4-6,11,13-14H2,1-3H3/t18-/m0/s1. The van der Waals surface area contributed by atoms with E-state index in [1.807, 2.05) is 29.7 Å². The van der Waals surface area contributed by atoms with Crippen molar-refractivity contribution in [1.82, 2.24) is 24.3 Å². The molecule has 4 rings (SSSR count). The van der Waals surface area contributed by atoms with Crippen molar-refractivity contribution in [3.63, 3.8) is 0 Å². The minimum atomic E-state index is 0.114. The fourth-order valence-electron chi connectivity index (χ4n) is 3.96. The molecule has 0 aromatic carbocycles. The summed E-state index contributed by atoms with van der Waals surface area (Å²) in [6.07, 6.45) is 5.94. The Labute approximate surface area is 180 Å². The van der Waals surface area contributed by atoms with Crippen LogP contribution in [0.15, 0.2) is 35.7 Å². The number of pyridine rings is 1. The van der Waals surface area contributed by atoms with Gasteiger partial charge < -0.3 is 13.9 Å². The second-order valence-electron chi connectivity index (χ2n) is 7.53. The molecule has 1 aliphatic rings. The second kappa shape index (κ2) is 9.14. The van der Waals surface area contributed by atoms with Crippen molar-refractivity contribution in [2.75, 3.05) is 12.4 Å². The Hall–Kier alpha value is -2.45. The number of carbonyl (C=O) groups is 1. The van der Waals surface area contributed by atoms with Crippen LogP contribution >= 0.6 is 11.8 Å². The topological polar surface area (TPSA) is 74.8 Å². The van der Waals surface area contributed by atoms with Gasteiger partial charge in [-0.15, -0.1) is 10.2 Å². The second-order valence-corrected chi connectivity index (χ2v) is 8.47. The Morgan fingerprint density at radius 1 is 1.23 bits per heavy atom. The summed E-state index contributed by atoms with van der Waals surface area (Å²) in [4.78, 5) is 17.0. The van der Waals surface area contributed by atoms with E-state index >= 15 is 0 Å². The fourth-order valence-corrected chi connectivity index (χ4v) is 4.84. The molecular formula is C22H27N5O2S. The Balaban J connectivity index is 1.47. The van der Waals surface area contributed by atoms with E-state index in [9.17, 15) is 4.79 Å². The van der Waals surface area contributed by atoms with Gasteiger partial charge in [0.15, 0.2) is 16.8 Å². The molecule has 3 aromatic rings. The van der Waals surface area contributed by atoms with E-state index in [0.29, 0.717) is 5.75 Å². The van der Waals surface area contributed by atoms with Gasteiger partial charge in [0.1, 0.15) is 0 Å². The molecule has 0 radical (unpaired) electrons. The summed E-state index contributed by atoms with van der Waals surface area (Å²) in [7, 11) is 0. The van der Waals surface area contributed by atoms with Crippen LogP contribution in [0.25, 0.3) is 11.4 Å². The number of hydrogen-bond acceptors (Lipinski definition) is 6. The van der Waals surface area contributed by atoms with Crippen LogP contribution in [0.5, 0.6) is 0 Å². The Kier molecular flexibility index (Phi) is 6.34.